The number of nitrogens with zero attached hydrogens (tertiary/aromatic N) is 2. The van der Waals surface area contributed by atoms with Gasteiger partial charge in [-0.25, -0.2) is 4.99 Å². The van der Waals surface area contributed by atoms with Gasteiger partial charge in [0.1, 0.15) is 11.4 Å². The van der Waals surface area contributed by atoms with Crippen LogP contribution in [-0.4, -0.2) is 35.9 Å². The molecule has 0 spiro atoms. The van der Waals surface area contributed by atoms with Crippen molar-refractivity contribution in [2.45, 2.75) is 32.7 Å². The maximum Gasteiger partial charge on any atom is 0.283 e. The molecule has 2 aromatic rings. The van der Waals surface area contributed by atoms with Crippen molar-refractivity contribution in [3.05, 3.63) is 51.3 Å². The molecule has 1 aliphatic rings. The Hall–Kier alpha value is -2.29. The predicted octanol–water partition coefficient (Wildman–Crippen LogP) is 5.19. The lowest BCUT2D eigenvalue weighted by Crippen LogP contribution is -2.36. The Balaban J connectivity index is 1.86. The second-order valence-corrected chi connectivity index (χ2v) is 9.10. The van der Waals surface area contributed by atoms with E-state index in [4.69, 9.17) is 16.3 Å². The summed E-state index contributed by atoms with van der Waals surface area (Å²) in [6.07, 6.45) is 3.50. The Morgan fingerprint density at radius 3 is 2.74 bits per heavy atom. The van der Waals surface area contributed by atoms with Gasteiger partial charge in [0.05, 0.1) is 23.6 Å². The SMILES string of the molecule is CCC(CC)NC(=O)CSC1=NC(=Cc2cccs2)C(=O)N1c1ccc(OC)c(Cl)c1. The monoisotopic (exact) mass is 477 g/mol. The van der Waals surface area contributed by atoms with Crippen LogP contribution < -0.4 is 15.0 Å². The van der Waals surface area contributed by atoms with E-state index < -0.39 is 0 Å². The van der Waals surface area contributed by atoms with Crippen molar-refractivity contribution in [2.75, 3.05) is 17.8 Å². The van der Waals surface area contributed by atoms with Crippen molar-refractivity contribution in [1.29, 1.82) is 0 Å². The number of hydrogen-bond acceptors (Lipinski definition) is 6. The summed E-state index contributed by atoms with van der Waals surface area (Å²) in [4.78, 5) is 32.5. The summed E-state index contributed by atoms with van der Waals surface area (Å²) in [5.41, 5.74) is 0.884. The standard InChI is InChI=1S/C22H24ClN3O3S2/c1-4-14(5-2)24-20(27)13-31-22-25-18(12-16-7-6-10-30-16)21(28)26(22)15-8-9-19(29-3)17(23)11-15/h6-12,14H,4-5,13H2,1-3H3,(H,24,27). The maximum atomic E-state index is 13.2. The number of amides is 2. The molecule has 1 N–H and O–H groups in total. The van der Waals surface area contributed by atoms with Crippen LogP contribution in [0, 0.1) is 0 Å². The second kappa shape index (κ2) is 10.8. The van der Waals surface area contributed by atoms with E-state index in [1.807, 2.05) is 31.4 Å². The molecule has 0 unspecified atom stereocenters. The Bertz CT molecular complexity index is 1000. The molecule has 0 saturated heterocycles. The number of hydrogen-bond donors (Lipinski definition) is 1. The lowest BCUT2D eigenvalue weighted by Gasteiger charge is -2.19. The zero-order valence-corrected chi connectivity index (χ0v) is 19.9. The van der Waals surface area contributed by atoms with Gasteiger partial charge in [0.15, 0.2) is 5.17 Å². The molecule has 3 rings (SSSR count). The van der Waals surface area contributed by atoms with Crippen LogP contribution in [0.15, 0.2) is 46.4 Å². The number of methoxy groups -OCH3 is 1. The number of thioether (sulfide) groups is 1. The number of benzene rings is 1. The number of anilines is 1. The topological polar surface area (TPSA) is 71.0 Å². The lowest BCUT2D eigenvalue weighted by atomic mass is 10.2. The van der Waals surface area contributed by atoms with Crippen LogP contribution in [-0.2, 0) is 9.59 Å². The zero-order chi connectivity index (χ0) is 22.4. The van der Waals surface area contributed by atoms with Crippen LogP contribution in [0.5, 0.6) is 5.75 Å². The highest BCUT2D eigenvalue weighted by Gasteiger charge is 2.33. The molecular formula is C22H24ClN3O3S2. The summed E-state index contributed by atoms with van der Waals surface area (Å²) >= 11 is 9.03. The van der Waals surface area contributed by atoms with Crippen molar-refractivity contribution < 1.29 is 14.3 Å². The highest BCUT2D eigenvalue weighted by molar-refractivity contribution is 8.14. The van der Waals surface area contributed by atoms with Crippen molar-refractivity contribution in [3.63, 3.8) is 0 Å². The fourth-order valence-electron chi connectivity index (χ4n) is 3.02. The minimum atomic E-state index is -0.266. The van der Waals surface area contributed by atoms with E-state index in [9.17, 15) is 9.59 Å². The average molecular weight is 478 g/mol. The largest absolute Gasteiger partial charge is 0.495 e. The van der Waals surface area contributed by atoms with Gasteiger partial charge in [-0.05, 0) is 48.6 Å². The molecule has 0 aliphatic carbocycles. The normalized spacial score (nSPS) is 15.0. The highest BCUT2D eigenvalue weighted by Crippen LogP contribution is 2.34. The summed E-state index contributed by atoms with van der Waals surface area (Å²) in [5.74, 6) is 0.326. The Morgan fingerprint density at radius 1 is 1.35 bits per heavy atom. The van der Waals surface area contributed by atoms with Crippen molar-refractivity contribution in [3.8, 4) is 5.75 Å². The first-order valence-corrected chi connectivity index (χ1v) is 12.1. The van der Waals surface area contributed by atoms with E-state index >= 15 is 0 Å². The summed E-state index contributed by atoms with van der Waals surface area (Å²) in [6, 6.07) is 9.09. The first-order valence-electron chi connectivity index (χ1n) is 9.90. The molecule has 1 aromatic heterocycles. The van der Waals surface area contributed by atoms with Crippen LogP contribution in [0.25, 0.3) is 6.08 Å². The van der Waals surface area contributed by atoms with E-state index in [-0.39, 0.29) is 23.6 Å². The molecule has 0 saturated carbocycles. The number of carbonyl (C=O) groups is 2. The Morgan fingerprint density at radius 2 is 2.13 bits per heavy atom. The molecule has 6 nitrogen and oxygen atoms in total. The molecule has 1 aromatic carbocycles. The molecule has 0 bridgehead atoms. The van der Waals surface area contributed by atoms with Gasteiger partial charge in [0, 0.05) is 10.9 Å². The fourth-order valence-corrected chi connectivity index (χ4v) is 4.74. The minimum Gasteiger partial charge on any atom is -0.495 e. The summed E-state index contributed by atoms with van der Waals surface area (Å²) < 4.78 is 5.21. The Labute approximate surface area is 195 Å². The van der Waals surface area contributed by atoms with Crippen molar-refractivity contribution >= 4 is 63.4 Å². The molecule has 9 heteroatoms. The van der Waals surface area contributed by atoms with E-state index in [1.54, 1.807) is 24.3 Å². The number of ether oxygens (including phenoxy) is 1. The predicted molar refractivity (Wildman–Crippen MR) is 130 cm³/mol. The first kappa shape index (κ1) is 23.4. The van der Waals surface area contributed by atoms with Crippen molar-refractivity contribution in [1.82, 2.24) is 5.32 Å². The van der Waals surface area contributed by atoms with Gasteiger partial charge in [0.2, 0.25) is 5.91 Å². The summed E-state index contributed by atoms with van der Waals surface area (Å²) in [7, 11) is 1.53. The van der Waals surface area contributed by atoms with E-state index in [1.165, 1.54) is 35.1 Å². The number of nitrogens with one attached hydrogen (secondary N) is 1. The minimum absolute atomic E-state index is 0.0859. The number of halogens is 1. The summed E-state index contributed by atoms with van der Waals surface area (Å²) in [5, 5.41) is 5.77. The Kier molecular flexibility index (Phi) is 8.17. The summed E-state index contributed by atoms with van der Waals surface area (Å²) in [6.45, 7) is 4.08. The molecular weight excluding hydrogens is 454 g/mol. The van der Waals surface area contributed by atoms with Gasteiger partial charge in [-0.3, -0.25) is 14.5 Å². The number of aliphatic imine (C=N–C) groups is 1. The highest BCUT2D eigenvalue weighted by atomic mass is 35.5. The third-order valence-electron chi connectivity index (χ3n) is 4.73. The van der Waals surface area contributed by atoms with Crippen LogP contribution in [0.2, 0.25) is 5.02 Å². The number of amidine groups is 1. The number of thiophene rings is 1. The third kappa shape index (κ3) is 5.70. The van der Waals surface area contributed by atoms with Crippen molar-refractivity contribution in [2.24, 2.45) is 4.99 Å². The lowest BCUT2D eigenvalue weighted by molar-refractivity contribution is -0.119. The smallest absolute Gasteiger partial charge is 0.283 e. The maximum absolute atomic E-state index is 13.2. The van der Waals surface area contributed by atoms with Gasteiger partial charge in [0.25, 0.3) is 5.91 Å². The van der Waals surface area contributed by atoms with E-state index in [2.05, 4.69) is 10.3 Å². The number of rotatable bonds is 8. The zero-order valence-electron chi connectivity index (χ0n) is 17.6. The van der Waals surface area contributed by atoms with Crippen LogP contribution in [0.1, 0.15) is 31.6 Å². The van der Waals surface area contributed by atoms with Crippen LogP contribution in [0.4, 0.5) is 5.69 Å². The van der Waals surface area contributed by atoms with Gasteiger partial charge in [-0.1, -0.05) is 43.3 Å². The molecule has 164 valence electrons. The third-order valence-corrected chi connectivity index (χ3v) is 6.78. The number of carbonyl (C=O) groups excluding carboxylic acids is 2. The molecule has 2 amide bonds. The van der Waals surface area contributed by atoms with Gasteiger partial charge in [-0.2, -0.15) is 0 Å². The molecule has 0 radical (unpaired) electrons. The molecule has 0 fully saturated rings. The van der Waals surface area contributed by atoms with Gasteiger partial charge >= 0.3 is 0 Å². The molecule has 1 aliphatic heterocycles. The van der Waals surface area contributed by atoms with E-state index in [0.717, 1.165) is 17.7 Å². The fraction of sp³-hybridized carbons (Fsp3) is 0.318. The average Bonchev–Trinajstić information content (AvgIpc) is 3.38. The van der Waals surface area contributed by atoms with Crippen LogP contribution in [0.3, 0.4) is 0 Å². The molecule has 2 heterocycles. The first-order chi connectivity index (χ1) is 15.0. The quantitative estimate of drug-likeness (QED) is 0.531. The van der Waals surface area contributed by atoms with Gasteiger partial charge < -0.3 is 10.1 Å². The van der Waals surface area contributed by atoms with Crippen LogP contribution >= 0.6 is 34.7 Å². The second-order valence-electron chi connectivity index (χ2n) is 6.77. The van der Waals surface area contributed by atoms with E-state index in [0.29, 0.717) is 27.3 Å². The molecule has 31 heavy (non-hydrogen) atoms. The van der Waals surface area contributed by atoms with Gasteiger partial charge in [-0.15, -0.1) is 11.3 Å². The molecule has 0 atom stereocenters.